The minimum atomic E-state index is 0.863. The van der Waals surface area contributed by atoms with E-state index in [1.807, 2.05) is 0 Å². The van der Waals surface area contributed by atoms with E-state index in [1.54, 1.807) is 0 Å². The van der Waals surface area contributed by atoms with E-state index < -0.39 is 0 Å². The Morgan fingerprint density at radius 1 is 1.07 bits per heavy atom. The average Bonchev–Trinajstić information content (AvgIpc) is 2.92. The lowest BCUT2D eigenvalue weighted by atomic mass is 10.3. The number of nitrogens with zero attached hydrogens (tertiary/aromatic N) is 2. The molecule has 0 aromatic carbocycles. The highest BCUT2D eigenvalue weighted by molar-refractivity contribution is 4.80. The zero-order valence-electron chi connectivity index (χ0n) is 9.92. The van der Waals surface area contributed by atoms with E-state index in [9.17, 15) is 0 Å². The molecule has 0 saturated heterocycles. The first-order chi connectivity index (χ1) is 6.68. The Morgan fingerprint density at radius 2 is 1.79 bits per heavy atom. The first-order valence-corrected chi connectivity index (χ1v) is 5.75. The SMILES string of the molecule is CN(C)CCN(C)CCCNC1CC1. The van der Waals surface area contributed by atoms with Crippen molar-refractivity contribution in [2.24, 2.45) is 0 Å². The van der Waals surface area contributed by atoms with Crippen molar-refractivity contribution in [3.05, 3.63) is 0 Å². The molecule has 0 aliphatic heterocycles. The Morgan fingerprint density at radius 3 is 2.36 bits per heavy atom. The summed E-state index contributed by atoms with van der Waals surface area (Å²) in [7, 11) is 6.46. The summed E-state index contributed by atoms with van der Waals surface area (Å²) in [6, 6.07) is 0.863. The third-order valence-electron chi connectivity index (χ3n) is 2.66. The molecule has 0 aromatic heterocycles. The lowest BCUT2D eigenvalue weighted by molar-refractivity contribution is 0.278. The normalized spacial score (nSPS) is 16.9. The molecule has 1 saturated carbocycles. The lowest BCUT2D eigenvalue weighted by Crippen LogP contribution is -2.31. The summed E-state index contributed by atoms with van der Waals surface area (Å²) in [6.45, 7) is 4.74. The quantitative estimate of drug-likeness (QED) is 0.578. The summed E-state index contributed by atoms with van der Waals surface area (Å²) in [5.41, 5.74) is 0. The van der Waals surface area contributed by atoms with Crippen LogP contribution in [0.3, 0.4) is 0 Å². The van der Waals surface area contributed by atoms with Crippen molar-refractivity contribution in [2.75, 3.05) is 47.3 Å². The number of nitrogens with one attached hydrogen (secondary N) is 1. The van der Waals surface area contributed by atoms with Crippen LogP contribution in [0.25, 0.3) is 0 Å². The molecule has 0 unspecified atom stereocenters. The van der Waals surface area contributed by atoms with Gasteiger partial charge in [-0.2, -0.15) is 0 Å². The molecular formula is C11H25N3. The Balaban J connectivity index is 1.83. The summed E-state index contributed by atoms with van der Waals surface area (Å²) in [4.78, 5) is 4.65. The van der Waals surface area contributed by atoms with Crippen LogP contribution in [0.15, 0.2) is 0 Å². The summed E-state index contributed by atoms with van der Waals surface area (Å²) >= 11 is 0. The van der Waals surface area contributed by atoms with Crippen molar-refractivity contribution < 1.29 is 0 Å². The largest absolute Gasteiger partial charge is 0.314 e. The van der Waals surface area contributed by atoms with Crippen molar-refractivity contribution in [3.63, 3.8) is 0 Å². The second kappa shape index (κ2) is 6.38. The van der Waals surface area contributed by atoms with Gasteiger partial charge in [0.25, 0.3) is 0 Å². The summed E-state index contributed by atoms with van der Waals surface area (Å²) in [5.74, 6) is 0. The molecule has 0 aromatic rings. The van der Waals surface area contributed by atoms with E-state index in [-0.39, 0.29) is 0 Å². The monoisotopic (exact) mass is 199 g/mol. The molecule has 0 spiro atoms. The molecule has 1 fully saturated rings. The Hall–Kier alpha value is -0.120. The van der Waals surface area contributed by atoms with Gasteiger partial charge >= 0.3 is 0 Å². The Labute approximate surface area is 88.5 Å². The minimum absolute atomic E-state index is 0.863. The van der Waals surface area contributed by atoms with Crippen molar-refractivity contribution in [2.45, 2.75) is 25.3 Å². The van der Waals surface area contributed by atoms with Crippen molar-refractivity contribution in [1.29, 1.82) is 0 Å². The number of rotatable bonds is 8. The first kappa shape index (κ1) is 12.0. The summed E-state index contributed by atoms with van der Waals surface area (Å²) in [5, 5.41) is 3.54. The molecular weight excluding hydrogens is 174 g/mol. The van der Waals surface area contributed by atoms with E-state index in [0.29, 0.717) is 0 Å². The summed E-state index contributed by atoms with van der Waals surface area (Å²) < 4.78 is 0. The van der Waals surface area contributed by atoms with Crippen LogP contribution in [0.4, 0.5) is 0 Å². The molecule has 3 nitrogen and oxygen atoms in total. The van der Waals surface area contributed by atoms with Crippen molar-refractivity contribution >= 4 is 0 Å². The van der Waals surface area contributed by atoms with Gasteiger partial charge in [0.1, 0.15) is 0 Å². The van der Waals surface area contributed by atoms with Gasteiger partial charge in [-0.05, 0) is 53.5 Å². The van der Waals surface area contributed by atoms with Crippen LogP contribution in [-0.2, 0) is 0 Å². The van der Waals surface area contributed by atoms with Gasteiger partial charge < -0.3 is 15.1 Å². The number of hydrogen-bond acceptors (Lipinski definition) is 3. The highest BCUT2D eigenvalue weighted by Gasteiger charge is 2.19. The van der Waals surface area contributed by atoms with E-state index in [1.165, 1.54) is 38.9 Å². The fourth-order valence-electron chi connectivity index (χ4n) is 1.43. The predicted octanol–water partition coefficient (Wildman–Crippen LogP) is 0.622. The predicted molar refractivity (Wildman–Crippen MR) is 61.7 cm³/mol. The van der Waals surface area contributed by atoms with Crippen LogP contribution < -0.4 is 5.32 Å². The van der Waals surface area contributed by atoms with E-state index in [2.05, 4.69) is 36.3 Å². The molecule has 84 valence electrons. The molecule has 1 aliphatic carbocycles. The molecule has 0 bridgehead atoms. The molecule has 14 heavy (non-hydrogen) atoms. The third kappa shape index (κ3) is 6.35. The lowest BCUT2D eigenvalue weighted by Gasteiger charge is -2.19. The van der Waals surface area contributed by atoms with Crippen molar-refractivity contribution in [3.8, 4) is 0 Å². The van der Waals surface area contributed by atoms with Crippen molar-refractivity contribution in [1.82, 2.24) is 15.1 Å². The van der Waals surface area contributed by atoms with E-state index >= 15 is 0 Å². The van der Waals surface area contributed by atoms with Crippen LogP contribution in [0, 0.1) is 0 Å². The molecule has 3 heteroatoms. The third-order valence-corrected chi connectivity index (χ3v) is 2.66. The maximum atomic E-state index is 3.54. The molecule has 0 radical (unpaired) electrons. The van der Waals surface area contributed by atoms with Crippen LogP contribution in [0.2, 0.25) is 0 Å². The smallest absolute Gasteiger partial charge is 0.0106 e. The molecule has 0 heterocycles. The van der Waals surface area contributed by atoms with Crippen LogP contribution in [0.1, 0.15) is 19.3 Å². The van der Waals surface area contributed by atoms with Crippen LogP contribution >= 0.6 is 0 Å². The highest BCUT2D eigenvalue weighted by atomic mass is 15.1. The minimum Gasteiger partial charge on any atom is -0.314 e. The zero-order valence-corrected chi connectivity index (χ0v) is 9.92. The van der Waals surface area contributed by atoms with Gasteiger partial charge in [-0.15, -0.1) is 0 Å². The fraction of sp³-hybridized carbons (Fsp3) is 1.00. The van der Waals surface area contributed by atoms with Gasteiger partial charge in [-0.25, -0.2) is 0 Å². The molecule has 1 rings (SSSR count). The van der Waals surface area contributed by atoms with Gasteiger partial charge in [0.2, 0.25) is 0 Å². The maximum Gasteiger partial charge on any atom is 0.0106 e. The average molecular weight is 199 g/mol. The number of hydrogen-bond donors (Lipinski definition) is 1. The van der Waals surface area contributed by atoms with Crippen LogP contribution in [0.5, 0.6) is 0 Å². The maximum absolute atomic E-state index is 3.54. The standard InChI is InChI=1S/C11H25N3/c1-13(2)9-10-14(3)8-4-7-12-11-5-6-11/h11-12H,4-10H2,1-3H3. The molecule has 1 N–H and O–H groups in total. The second-order valence-corrected chi connectivity index (χ2v) is 4.69. The second-order valence-electron chi connectivity index (χ2n) is 4.69. The molecule has 1 aliphatic rings. The van der Waals surface area contributed by atoms with Gasteiger partial charge in [-0.3, -0.25) is 0 Å². The van der Waals surface area contributed by atoms with Crippen LogP contribution in [-0.4, -0.2) is 63.2 Å². The first-order valence-electron chi connectivity index (χ1n) is 5.75. The molecule has 0 atom stereocenters. The Kier molecular flexibility index (Phi) is 5.45. The Bertz CT molecular complexity index is 143. The van der Waals surface area contributed by atoms with Gasteiger partial charge in [0.15, 0.2) is 0 Å². The summed E-state index contributed by atoms with van der Waals surface area (Å²) in [6.07, 6.45) is 4.08. The highest BCUT2D eigenvalue weighted by Crippen LogP contribution is 2.18. The topological polar surface area (TPSA) is 18.5 Å². The van der Waals surface area contributed by atoms with E-state index in [0.717, 1.165) is 12.6 Å². The van der Waals surface area contributed by atoms with Gasteiger partial charge in [-0.1, -0.05) is 0 Å². The van der Waals surface area contributed by atoms with E-state index in [4.69, 9.17) is 0 Å². The molecule has 0 amide bonds. The zero-order chi connectivity index (χ0) is 10.4. The van der Waals surface area contributed by atoms with Gasteiger partial charge in [0.05, 0.1) is 0 Å². The van der Waals surface area contributed by atoms with Gasteiger partial charge in [0, 0.05) is 19.1 Å². The fourth-order valence-corrected chi connectivity index (χ4v) is 1.43. The number of likely N-dealkylation sites (N-methyl/N-ethyl adjacent to an activating group) is 2.